The minimum Gasteiger partial charge on any atom is -0.426 e. The van der Waals surface area contributed by atoms with Crippen LogP contribution >= 0.6 is 0 Å². The van der Waals surface area contributed by atoms with E-state index in [9.17, 15) is 14.8 Å². The summed E-state index contributed by atoms with van der Waals surface area (Å²) >= 11 is 0. The van der Waals surface area contributed by atoms with Crippen molar-refractivity contribution in [3.05, 3.63) is 12.2 Å². The number of allylic oxidation sites excluding steroid dienone is 1. The third kappa shape index (κ3) is 2.54. The quantitative estimate of drug-likeness (QED) is 0.438. The van der Waals surface area contributed by atoms with Crippen LogP contribution in [0.3, 0.4) is 0 Å². The van der Waals surface area contributed by atoms with Crippen LogP contribution in [0.2, 0.25) is 0 Å². The highest BCUT2D eigenvalue weighted by molar-refractivity contribution is 6.43. The van der Waals surface area contributed by atoms with Crippen LogP contribution in [0.5, 0.6) is 0 Å². The zero-order valence-corrected chi connectivity index (χ0v) is 9.83. The second-order valence-electron chi connectivity index (χ2n) is 4.87. The van der Waals surface area contributed by atoms with Crippen LogP contribution in [0.15, 0.2) is 12.2 Å². The molecule has 3 atom stereocenters. The lowest BCUT2D eigenvalue weighted by Gasteiger charge is -2.31. The predicted molar refractivity (Wildman–Crippen MR) is 64.8 cm³/mol. The van der Waals surface area contributed by atoms with Crippen LogP contribution in [0, 0.1) is 5.92 Å². The molecule has 0 aromatic heterocycles. The lowest BCUT2D eigenvalue weighted by atomic mass is 9.77. The van der Waals surface area contributed by atoms with Crippen LogP contribution in [0.1, 0.15) is 25.7 Å². The lowest BCUT2D eigenvalue weighted by molar-refractivity contribution is -0.136. The number of rotatable bonds is 2. The summed E-state index contributed by atoms with van der Waals surface area (Å²) in [5, 5.41) is 18.5. The fraction of sp³-hybridized carbons (Fsp3) is 0.727. The normalized spacial score (nSPS) is 32.9. The number of likely N-dealkylation sites (tertiary alicyclic amines) is 1. The molecule has 1 unspecified atom stereocenters. The summed E-state index contributed by atoms with van der Waals surface area (Å²) in [7, 11) is -1.45. The van der Waals surface area contributed by atoms with Gasteiger partial charge in [-0.25, -0.2) is 0 Å². The zero-order valence-electron chi connectivity index (χ0n) is 9.83. The van der Waals surface area contributed by atoms with Crippen molar-refractivity contribution in [2.24, 2.45) is 11.7 Å². The molecule has 1 saturated heterocycles. The maximum atomic E-state index is 12.3. The Balaban J connectivity index is 2.06. The van der Waals surface area contributed by atoms with Gasteiger partial charge in [0.1, 0.15) is 0 Å². The predicted octanol–water partition coefficient (Wildman–Crippen LogP) is -0.717. The first-order valence-corrected chi connectivity index (χ1v) is 6.18. The van der Waals surface area contributed by atoms with Crippen LogP contribution < -0.4 is 5.73 Å². The van der Waals surface area contributed by atoms with Crippen molar-refractivity contribution in [2.45, 2.75) is 37.7 Å². The van der Waals surface area contributed by atoms with Gasteiger partial charge in [0.05, 0.1) is 11.9 Å². The number of carbonyl (C=O) groups excluding carboxylic acids is 1. The van der Waals surface area contributed by atoms with Crippen molar-refractivity contribution in [2.75, 3.05) is 6.54 Å². The Labute approximate surface area is 101 Å². The summed E-state index contributed by atoms with van der Waals surface area (Å²) in [4.78, 5) is 13.9. The molecule has 0 bridgehead atoms. The standard InChI is InChI=1S/C11H19BN2O3/c13-9-5-2-1-4-8(9)11(15)14-7-3-6-10(14)12(16)17/h1-2,8-10,16-17H,3-7,13H2/t8-,9-,10?/m1/s1. The Hall–Kier alpha value is -0.845. The largest absolute Gasteiger partial charge is 0.475 e. The second-order valence-corrected chi connectivity index (χ2v) is 4.87. The van der Waals surface area contributed by atoms with E-state index in [-0.39, 0.29) is 17.9 Å². The van der Waals surface area contributed by atoms with E-state index < -0.39 is 13.1 Å². The van der Waals surface area contributed by atoms with Crippen molar-refractivity contribution >= 4 is 13.0 Å². The van der Waals surface area contributed by atoms with Gasteiger partial charge in [0.25, 0.3) is 0 Å². The van der Waals surface area contributed by atoms with E-state index in [0.29, 0.717) is 19.4 Å². The Morgan fingerprint density at radius 3 is 2.71 bits per heavy atom. The van der Waals surface area contributed by atoms with Crippen LogP contribution in [0.25, 0.3) is 0 Å². The monoisotopic (exact) mass is 238 g/mol. The molecule has 1 heterocycles. The molecule has 1 aliphatic carbocycles. The highest BCUT2D eigenvalue weighted by Crippen LogP contribution is 2.25. The number of hydrogen-bond acceptors (Lipinski definition) is 4. The second kappa shape index (κ2) is 5.20. The molecule has 6 heteroatoms. The molecule has 0 aromatic carbocycles. The topological polar surface area (TPSA) is 86.8 Å². The molecule has 94 valence electrons. The average molecular weight is 238 g/mol. The van der Waals surface area contributed by atoms with Gasteiger partial charge in [-0.2, -0.15) is 0 Å². The van der Waals surface area contributed by atoms with Gasteiger partial charge in [0.2, 0.25) is 5.91 Å². The van der Waals surface area contributed by atoms with E-state index in [4.69, 9.17) is 5.73 Å². The smallest absolute Gasteiger partial charge is 0.426 e. The van der Waals surface area contributed by atoms with Gasteiger partial charge >= 0.3 is 7.12 Å². The summed E-state index contributed by atoms with van der Waals surface area (Å²) < 4.78 is 0. The molecule has 0 spiro atoms. The Kier molecular flexibility index (Phi) is 3.86. The molecule has 1 fully saturated rings. The number of hydrogen-bond donors (Lipinski definition) is 3. The van der Waals surface area contributed by atoms with Crippen molar-refractivity contribution < 1.29 is 14.8 Å². The maximum absolute atomic E-state index is 12.3. The SMILES string of the molecule is N[C@@H]1CC=CC[C@H]1C(=O)N1CCCC1B(O)O. The van der Waals surface area contributed by atoms with E-state index in [1.807, 2.05) is 12.2 Å². The zero-order chi connectivity index (χ0) is 12.4. The highest BCUT2D eigenvalue weighted by atomic mass is 16.4. The first-order chi connectivity index (χ1) is 8.11. The third-order valence-corrected chi connectivity index (χ3v) is 3.73. The molecular formula is C11H19BN2O3. The number of nitrogens with zero attached hydrogens (tertiary/aromatic N) is 1. The maximum Gasteiger partial charge on any atom is 0.475 e. The Morgan fingerprint density at radius 1 is 1.35 bits per heavy atom. The van der Waals surface area contributed by atoms with Gasteiger partial charge in [-0.05, 0) is 25.7 Å². The molecule has 5 nitrogen and oxygen atoms in total. The molecule has 17 heavy (non-hydrogen) atoms. The van der Waals surface area contributed by atoms with Gasteiger partial charge in [-0.1, -0.05) is 12.2 Å². The molecule has 2 aliphatic rings. The van der Waals surface area contributed by atoms with Crippen LogP contribution in [-0.2, 0) is 4.79 Å². The summed E-state index contributed by atoms with van der Waals surface area (Å²) in [5.74, 6) is -0.697. The van der Waals surface area contributed by atoms with Crippen molar-refractivity contribution in [3.63, 3.8) is 0 Å². The Morgan fingerprint density at radius 2 is 2.06 bits per heavy atom. The van der Waals surface area contributed by atoms with E-state index in [2.05, 4.69) is 0 Å². The van der Waals surface area contributed by atoms with Crippen molar-refractivity contribution in [1.82, 2.24) is 4.90 Å². The van der Waals surface area contributed by atoms with E-state index in [1.54, 1.807) is 4.90 Å². The first kappa shape index (κ1) is 12.6. The molecule has 0 saturated carbocycles. The van der Waals surface area contributed by atoms with Crippen LogP contribution in [0.4, 0.5) is 0 Å². The minimum atomic E-state index is -1.45. The molecule has 4 N–H and O–H groups in total. The van der Waals surface area contributed by atoms with Gasteiger partial charge in [-0.3, -0.25) is 4.79 Å². The summed E-state index contributed by atoms with van der Waals surface area (Å²) in [6.45, 7) is 0.605. The first-order valence-electron chi connectivity index (χ1n) is 6.18. The molecule has 0 radical (unpaired) electrons. The summed E-state index contributed by atoms with van der Waals surface area (Å²) in [5.41, 5.74) is 5.95. The number of carbonyl (C=O) groups is 1. The molecule has 1 aliphatic heterocycles. The van der Waals surface area contributed by atoms with Gasteiger partial charge < -0.3 is 20.7 Å². The lowest BCUT2D eigenvalue weighted by Crippen LogP contribution is -2.51. The van der Waals surface area contributed by atoms with Crippen molar-refractivity contribution in [1.29, 1.82) is 0 Å². The van der Waals surface area contributed by atoms with E-state index >= 15 is 0 Å². The number of nitrogens with two attached hydrogens (primary N) is 1. The summed E-state index contributed by atoms with van der Waals surface area (Å²) in [6.07, 6.45) is 6.83. The summed E-state index contributed by atoms with van der Waals surface area (Å²) in [6, 6.07) is -0.149. The average Bonchev–Trinajstić information content (AvgIpc) is 2.77. The van der Waals surface area contributed by atoms with Gasteiger partial charge in [0.15, 0.2) is 0 Å². The van der Waals surface area contributed by atoms with E-state index in [0.717, 1.165) is 12.8 Å². The Bertz CT molecular complexity index is 322. The molecule has 0 aromatic rings. The van der Waals surface area contributed by atoms with E-state index in [1.165, 1.54) is 0 Å². The number of amides is 1. The van der Waals surface area contributed by atoms with Gasteiger partial charge in [-0.15, -0.1) is 0 Å². The molecule has 1 amide bonds. The molecule has 2 rings (SSSR count). The fourth-order valence-electron chi connectivity index (χ4n) is 2.71. The minimum absolute atomic E-state index is 0.0301. The van der Waals surface area contributed by atoms with Gasteiger partial charge in [0, 0.05) is 12.6 Å². The molecular weight excluding hydrogens is 219 g/mol. The third-order valence-electron chi connectivity index (χ3n) is 3.73. The fourth-order valence-corrected chi connectivity index (χ4v) is 2.71. The van der Waals surface area contributed by atoms with Crippen molar-refractivity contribution in [3.8, 4) is 0 Å². The van der Waals surface area contributed by atoms with Crippen LogP contribution in [-0.4, -0.2) is 46.5 Å². The highest BCUT2D eigenvalue weighted by Gasteiger charge is 2.40.